The number of primary amides is 1. The summed E-state index contributed by atoms with van der Waals surface area (Å²) in [6, 6.07) is 13.4. The maximum atomic E-state index is 11.9. The van der Waals surface area contributed by atoms with E-state index in [0.717, 1.165) is 5.56 Å². The lowest BCUT2D eigenvalue weighted by Crippen LogP contribution is -2.31. The van der Waals surface area contributed by atoms with Gasteiger partial charge in [0.25, 0.3) is 5.91 Å². The van der Waals surface area contributed by atoms with Crippen LogP contribution in [0.3, 0.4) is 0 Å². The smallest absolute Gasteiger partial charge is 0.258 e. The van der Waals surface area contributed by atoms with Gasteiger partial charge in [0.05, 0.1) is 6.04 Å². The normalized spacial score (nSPS) is 11.6. The molecule has 0 unspecified atom stereocenters. The van der Waals surface area contributed by atoms with Gasteiger partial charge < -0.3 is 15.8 Å². The zero-order valence-corrected chi connectivity index (χ0v) is 13.3. The van der Waals surface area contributed by atoms with Gasteiger partial charge in [-0.15, -0.1) is 0 Å². The number of carbonyl (C=O) groups excluding carboxylic acids is 2. The van der Waals surface area contributed by atoms with Crippen LogP contribution in [0.4, 0.5) is 0 Å². The summed E-state index contributed by atoms with van der Waals surface area (Å²) in [6.07, 6.45) is 0. The van der Waals surface area contributed by atoms with Crippen LogP contribution in [0.1, 0.15) is 28.9 Å². The van der Waals surface area contributed by atoms with Crippen LogP contribution < -0.4 is 15.8 Å². The fraction of sp³-hybridized carbons (Fsp3) is 0.176. The number of hydrogen-bond acceptors (Lipinski definition) is 3. The molecule has 0 fully saturated rings. The fourth-order valence-corrected chi connectivity index (χ4v) is 2.11. The first-order chi connectivity index (χ1) is 11.0. The van der Waals surface area contributed by atoms with Gasteiger partial charge in [-0.1, -0.05) is 23.7 Å². The third-order valence-corrected chi connectivity index (χ3v) is 3.51. The Morgan fingerprint density at radius 1 is 1.13 bits per heavy atom. The summed E-state index contributed by atoms with van der Waals surface area (Å²) in [5, 5.41) is 3.48. The Bertz CT molecular complexity index is 684. The van der Waals surface area contributed by atoms with E-state index in [-0.39, 0.29) is 18.6 Å². The Morgan fingerprint density at radius 3 is 2.30 bits per heavy atom. The summed E-state index contributed by atoms with van der Waals surface area (Å²) in [5.74, 6) is -0.262. The lowest BCUT2D eigenvalue weighted by Gasteiger charge is -2.15. The Balaban J connectivity index is 1.84. The van der Waals surface area contributed by atoms with Crippen molar-refractivity contribution in [3.8, 4) is 5.75 Å². The highest BCUT2D eigenvalue weighted by molar-refractivity contribution is 6.30. The van der Waals surface area contributed by atoms with Crippen molar-refractivity contribution in [1.29, 1.82) is 0 Å². The molecule has 0 aliphatic rings. The van der Waals surface area contributed by atoms with Gasteiger partial charge in [0.1, 0.15) is 5.75 Å². The molecule has 3 N–H and O–H groups in total. The first-order valence-electron chi connectivity index (χ1n) is 7.03. The van der Waals surface area contributed by atoms with Crippen LogP contribution in [0.5, 0.6) is 5.75 Å². The highest BCUT2D eigenvalue weighted by Gasteiger charge is 2.10. The van der Waals surface area contributed by atoms with Crippen LogP contribution in [0.25, 0.3) is 0 Å². The van der Waals surface area contributed by atoms with Gasteiger partial charge in [0.15, 0.2) is 6.61 Å². The lowest BCUT2D eigenvalue weighted by molar-refractivity contribution is -0.123. The SMILES string of the molecule is C[C@@H](NC(=O)COc1ccc(C(N)=O)cc1)c1ccc(Cl)cc1. The molecule has 2 aromatic carbocycles. The van der Waals surface area contributed by atoms with Crippen molar-refractivity contribution >= 4 is 23.4 Å². The van der Waals surface area contributed by atoms with E-state index in [9.17, 15) is 9.59 Å². The topological polar surface area (TPSA) is 81.4 Å². The zero-order valence-electron chi connectivity index (χ0n) is 12.6. The number of hydrogen-bond donors (Lipinski definition) is 2. The predicted octanol–water partition coefficient (Wildman–Crippen LogP) is 2.70. The molecule has 2 rings (SSSR count). The molecule has 2 amide bonds. The average Bonchev–Trinajstić information content (AvgIpc) is 2.54. The Labute approximate surface area is 139 Å². The highest BCUT2D eigenvalue weighted by Crippen LogP contribution is 2.16. The molecule has 1 atom stereocenters. The van der Waals surface area contributed by atoms with Gasteiger partial charge in [0, 0.05) is 10.6 Å². The first-order valence-corrected chi connectivity index (χ1v) is 7.41. The van der Waals surface area contributed by atoms with E-state index in [1.165, 1.54) is 0 Å². The van der Waals surface area contributed by atoms with Gasteiger partial charge in [-0.25, -0.2) is 0 Å². The van der Waals surface area contributed by atoms with E-state index in [1.54, 1.807) is 36.4 Å². The standard InChI is InChI=1S/C17H17ClN2O3/c1-11(12-2-6-14(18)7-3-12)20-16(21)10-23-15-8-4-13(5-9-15)17(19)22/h2-9,11H,10H2,1H3,(H2,19,22)(H,20,21)/t11-/m1/s1. The van der Waals surface area contributed by atoms with Crippen molar-refractivity contribution in [3.63, 3.8) is 0 Å². The van der Waals surface area contributed by atoms with Crippen molar-refractivity contribution in [3.05, 3.63) is 64.7 Å². The largest absolute Gasteiger partial charge is 0.484 e. The van der Waals surface area contributed by atoms with E-state index in [4.69, 9.17) is 22.1 Å². The van der Waals surface area contributed by atoms with Crippen molar-refractivity contribution in [2.45, 2.75) is 13.0 Å². The molecule has 2 aromatic rings. The van der Waals surface area contributed by atoms with Crippen molar-refractivity contribution < 1.29 is 14.3 Å². The number of halogens is 1. The van der Waals surface area contributed by atoms with Crippen molar-refractivity contribution in [2.24, 2.45) is 5.73 Å². The molecule has 0 aromatic heterocycles. The van der Waals surface area contributed by atoms with Crippen LogP contribution in [0.2, 0.25) is 5.02 Å². The maximum absolute atomic E-state index is 11.9. The third kappa shape index (κ3) is 5.00. The number of benzene rings is 2. The molecule has 120 valence electrons. The van der Waals surface area contributed by atoms with Crippen LogP contribution in [0, 0.1) is 0 Å². The molecule has 0 aliphatic heterocycles. The molecule has 0 radical (unpaired) electrons. The van der Waals surface area contributed by atoms with Crippen LogP contribution in [-0.2, 0) is 4.79 Å². The number of amides is 2. The summed E-state index contributed by atoms with van der Waals surface area (Å²) in [7, 11) is 0. The monoisotopic (exact) mass is 332 g/mol. The van der Waals surface area contributed by atoms with E-state index >= 15 is 0 Å². The molecule has 5 nitrogen and oxygen atoms in total. The van der Waals surface area contributed by atoms with Crippen molar-refractivity contribution in [1.82, 2.24) is 5.32 Å². The maximum Gasteiger partial charge on any atom is 0.258 e. The first kappa shape index (κ1) is 16.8. The van der Waals surface area contributed by atoms with Crippen molar-refractivity contribution in [2.75, 3.05) is 6.61 Å². The van der Waals surface area contributed by atoms with Gasteiger partial charge in [0.2, 0.25) is 5.91 Å². The van der Waals surface area contributed by atoms with Crippen LogP contribution in [-0.4, -0.2) is 18.4 Å². The second-order valence-corrected chi connectivity index (χ2v) is 5.45. The number of rotatable bonds is 6. The Kier molecular flexibility index (Phi) is 5.60. The minimum Gasteiger partial charge on any atom is -0.484 e. The van der Waals surface area contributed by atoms with Gasteiger partial charge in [-0.3, -0.25) is 9.59 Å². The summed E-state index contributed by atoms with van der Waals surface area (Å²) in [4.78, 5) is 22.9. The second kappa shape index (κ2) is 7.65. The third-order valence-electron chi connectivity index (χ3n) is 3.26. The Morgan fingerprint density at radius 2 is 1.74 bits per heavy atom. The summed E-state index contributed by atoms with van der Waals surface area (Å²) >= 11 is 5.83. The number of ether oxygens (including phenoxy) is 1. The summed E-state index contributed by atoms with van der Waals surface area (Å²) < 4.78 is 5.37. The molecular weight excluding hydrogens is 316 g/mol. The molecular formula is C17H17ClN2O3. The summed E-state index contributed by atoms with van der Waals surface area (Å²) in [5.41, 5.74) is 6.49. The molecule has 6 heteroatoms. The minimum absolute atomic E-state index is 0.117. The molecule has 0 heterocycles. The predicted molar refractivity (Wildman–Crippen MR) is 88.5 cm³/mol. The molecule has 0 bridgehead atoms. The van der Waals surface area contributed by atoms with Crippen LogP contribution >= 0.6 is 11.6 Å². The molecule has 0 spiro atoms. The second-order valence-electron chi connectivity index (χ2n) is 5.02. The van der Waals surface area contributed by atoms with E-state index in [2.05, 4.69) is 5.32 Å². The minimum atomic E-state index is -0.508. The van der Waals surface area contributed by atoms with E-state index in [1.807, 2.05) is 19.1 Å². The van der Waals surface area contributed by atoms with Crippen LogP contribution in [0.15, 0.2) is 48.5 Å². The fourth-order valence-electron chi connectivity index (χ4n) is 1.98. The Hall–Kier alpha value is -2.53. The molecule has 0 aliphatic carbocycles. The lowest BCUT2D eigenvalue weighted by atomic mass is 10.1. The molecule has 0 saturated carbocycles. The zero-order chi connectivity index (χ0) is 16.8. The quantitative estimate of drug-likeness (QED) is 0.853. The average molecular weight is 333 g/mol. The summed E-state index contributed by atoms with van der Waals surface area (Å²) in [6.45, 7) is 1.76. The van der Waals surface area contributed by atoms with Gasteiger partial charge >= 0.3 is 0 Å². The molecule has 23 heavy (non-hydrogen) atoms. The number of nitrogens with two attached hydrogens (primary N) is 1. The molecule has 0 saturated heterocycles. The van der Waals surface area contributed by atoms with E-state index < -0.39 is 5.91 Å². The van der Waals surface area contributed by atoms with Gasteiger partial charge in [-0.2, -0.15) is 0 Å². The van der Waals surface area contributed by atoms with E-state index in [0.29, 0.717) is 16.3 Å². The highest BCUT2D eigenvalue weighted by atomic mass is 35.5. The number of carbonyl (C=O) groups is 2. The number of nitrogens with one attached hydrogen (secondary N) is 1. The van der Waals surface area contributed by atoms with Gasteiger partial charge in [-0.05, 0) is 48.9 Å².